The van der Waals surface area contributed by atoms with Crippen LogP contribution >= 0.6 is 0 Å². The van der Waals surface area contributed by atoms with Gasteiger partial charge in [0.05, 0.1) is 0 Å². The van der Waals surface area contributed by atoms with Gasteiger partial charge in [-0.05, 0) is 60.1 Å². The Labute approximate surface area is 151 Å². The normalized spacial score (nSPS) is 11.3. The van der Waals surface area contributed by atoms with Crippen molar-refractivity contribution < 1.29 is 4.74 Å². The summed E-state index contributed by atoms with van der Waals surface area (Å²) >= 11 is 0. The molecular formula is C24H26O. The maximum absolute atomic E-state index is 5.94. The molecule has 25 heavy (non-hydrogen) atoms. The van der Waals surface area contributed by atoms with Crippen molar-refractivity contribution in [2.24, 2.45) is 0 Å². The number of hydrogen-bond donors (Lipinski definition) is 0. The van der Waals surface area contributed by atoms with E-state index in [0.29, 0.717) is 0 Å². The smallest absolute Gasteiger partial charge is 0.127 e. The van der Waals surface area contributed by atoms with Crippen LogP contribution in [0.3, 0.4) is 0 Å². The van der Waals surface area contributed by atoms with Crippen molar-refractivity contribution >= 4 is 0 Å². The Morgan fingerprint density at radius 1 is 0.720 bits per heavy atom. The summed E-state index contributed by atoms with van der Waals surface area (Å²) in [7, 11) is 0. The van der Waals surface area contributed by atoms with Gasteiger partial charge in [0.25, 0.3) is 0 Å². The molecule has 0 atom stereocenters. The predicted molar refractivity (Wildman–Crippen MR) is 105 cm³/mol. The summed E-state index contributed by atoms with van der Waals surface area (Å²) in [6, 6.07) is 29.2. The lowest BCUT2D eigenvalue weighted by Crippen LogP contribution is -2.17. The number of ether oxygens (including phenoxy) is 1. The van der Waals surface area contributed by atoms with Crippen molar-refractivity contribution in [3.63, 3.8) is 0 Å². The highest BCUT2D eigenvalue weighted by Gasteiger charge is 2.19. The average molecular weight is 330 g/mol. The fourth-order valence-corrected chi connectivity index (χ4v) is 3.16. The first kappa shape index (κ1) is 17.3. The fraction of sp³-hybridized carbons (Fsp3) is 0.250. The van der Waals surface area contributed by atoms with E-state index < -0.39 is 0 Å². The van der Waals surface area contributed by atoms with Crippen molar-refractivity contribution in [3.05, 3.63) is 96.1 Å². The first-order valence-electron chi connectivity index (χ1n) is 9.01. The molecule has 0 aliphatic carbocycles. The van der Waals surface area contributed by atoms with Crippen LogP contribution in [0.15, 0.2) is 84.9 Å². The van der Waals surface area contributed by atoms with Gasteiger partial charge in [0.2, 0.25) is 0 Å². The summed E-state index contributed by atoms with van der Waals surface area (Å²) in [5.74, 6) is 1.79. The Balaban J connectivity index is 1.58. The van der Waals surface area contributed by atoms with Gasteiger partial charge in [-0.1, -0.05) is 74.5 Å². The van der Waals surface area contributed by atoms with Crippen molar-refractivity contribution in [2.45, 2.75) is 38.5 Å². The second kappa shape index (κ2) is 8.02. The van der Waals surface area contributed by atoms with Crippen LogP contribution in [0.5, 0.6) is 11.5 Å². The number of hydrogen-bond acceptors (Lipinski definition) is 1. The van der Waals surface area contributed by atoms with Crippen LogP contribution in [0.1, 0.15) is 37.8 Å². The van der Waals surface area contributed by atoms with E-state index in [9.17, 15) is 0 Å². The number of rotatable bonds is 7. The SMILES string of the molecule is CC(C)(CCCc1cccc(Oc2ccccc2)c1)c1ccccc1. The minimum Gasteiger partial charge on any atom is -0.457 e. The molecule has 0 spiro atoms. The third-order valence-corrected chi connectivity index (χ3v) is 4.70. The van der Waals surface area contributed by atoms with Crippen LogP contribution < -0.4 is 4.74 Å². The first-order chi connectivity index (χ1) is 12.1. The van der Waals surface area contributed by atoms with Crippen LogP contribution in [0.25, 0.3) is 0 Å². The van der Waals surface area contributed by atoms with Crippen molar-refractivity contribution in [2.75, 3.05) is 0 Å². The van der Waals surface area contributed by atoms with Gasteiger partial charge in [-0.15, -0.1) is 0 Å². The van der Waals surface area contributed by atoms with Crippen molar-refractivity contribution in [3.8, 4) is 11.5 Å². The number of benzene rings is 3. The Hall–Kier alpha value is -2.54. The Morgan fingerprint density at radius 2 is 1.36 bits per heavy atom. The molecular weight excluding hydrogens is 304 g/mol. The van der Waals surface area contributed by atoms with Gasteiger partial charge in [0.15, 0.2) is 0 Å². The van der Waals surface area contributed by atoms with Gasteiger partial charge >= 0.3 is 0 Å². The second-order valence-corrected chi connectivity index (χ2v) is 7.17. The van der Waals surface area contributed by atoms with Gasteiger partial charge in [-0.2, -0.15) is 0 Å². The molecule has 0 bridgehead atoms. The quantitative estimate of drug-likeness (QED) is 0.464. The van der Waals surface area contributed by atoms with Gasteiger partial charge < -0.3 is 4.74 Å². The summed E-state index contributed by atoms with van der Waals surface area (Å²) in [5, 5.41) is 0. The molecule has 0 aliphatic rings. The standard InChI is InChI=1S/C24H26O/c1-24(2,21-13-5-3-6-14-21)18-10-12-20-11-9-17-23(19-20)25-22-15-7-4-8-16-22/h3-9,11,13-17,19H,10,12,18H2,1-2H3. The minimum atomic E-state index is 0.208. The summed E-state index contributed by atoms with van der Waals surface area (Å²) in [6.07, 6.45) is 3.40. The van der Waals surface area contributed by atoms with Crippen LogP contribution in [0.4, 0.5) is 0 Å². The maximum atomic E-state index is 5.94. The molecule has 0 heterocycles. The molecule has 0 aromatic heterocycles. The molecule has 1 nitrogen and oxygen atoms in total. The molecule has 1 heteroatoms. The van der Waals surface area contributed by atoms with E-state index in [1.54, 1.807) is 0 Å². The second-order valence-electron chi connectivity index (χ2n) is 7.17. The number of aryl methyl sites for hydroxylation is 1. The molecule has 3 rings (SSSR count). The zero-order valence-electron chi connectivity index (χ0n) is 15.1. The van der Waals surface area contributed by atoms with E-state index >= 15 is 0 Å². The molecule has 0 unspecified atom stereocenters. The zero-order chi connectivity index (χ0) is 17.5. The lowest BCUT2D eigenvalue weighted by molar-refractivity contribution is 0.460. The molecule has 0 amide bonds. The van der Waals surface area contributed by atoms with Crippen LogP contribution in [-0.2, 0) is 11.8 Å². The molecule has 3 aromatic carbocycles. The fourth-order valence-electron chi connectivity index (χ4n) is 3.16. The van der Waals surface area contributed by atoms with Crippen LogP contribution in [0, 0.1) is 0 Å². The summed E-state index contributed by atoms with van der Waals surface area (Å²) in [5.41, 5.74) is 2.95. The molecule has 0 N–H and O–H groups in total. The number of para-hydroxylation sites is 1. The molecule has 0 saturated heterocycles. The lowest BCUT2D eigenvalue weighted by atomic mass is 9.80. The van der Waals surface area contributed by atoms with E-state index in [0.717, 1.165) is 24.3 Å². The third-order valence-electron chi connectivity index (χ3n) is 4.70. The summed E-state index contributed by atoms with van der Waals surface area (Å²) in [4.78, 5) is 0. The van der Waals surface area contributed by atoms with Crippen LogP contribution in [0.2, 0.25) is 0 Å². The van der Waals surface area contributed by atoms with E-state index in [1.807, 2.05) is 36.4 Å². The van der Waals surface area contributed by atoms with E-state index in [1.165, 1.54) is 17.5 Å². The van der Waals surface area contributed by atoms with Gasteiger partial charge in [-0.25, -0.2) is 0 Å². The van der Waals surface area contributed by atoms with Gasteiger partial charge in [0.1, 0.15) is 11.5 Å². The Bertz CT molecular complexity index is 775. The lowest BCUT2D eigenvalue weighted by Gasteiger charge is -2.25. The van der Waals surface area contributed by atoms with E-state index in [4.69, 9.17) is 4.74 Å². The van der Waals surface area contributed by atoms with Crippen molar-refractivity contribution in [1.29, 1.82) is 0 Å². The van der Waals surface area contributed by atoms with Crippen molar-refractivity contribution in [1.82, 2.24) is 0 Å². The van der Waals surface area contributed by atoms with Gasteiger partial charge in [0, 0.05) is 0 Å². The molecule has 0 saturated carbocycles. The topological polar surface area (TPSA) is 9.23 Å². The van der Waals surface area contributed by atoms with E-state index in [-0.39, 0.29) is 5.41 Å². The Kier molecular flexibility index (Phi) is 5.55. The summed E-state index contributed by atoms with van der Waals surface area (Å²) < 4.78 is 5.94. The minimum absolute atomic E-state index is 0.208. The molecule has 3 aromatic rings. The predicted octanol–water partition coefficient (Wildman–Crippen LogP) is 6.78. The average Bonchev–Trinajstić information content (AvgIpc) is 2.63. The summed E-state index contributed by atoms with van der Waals surface area (Å²) in [6.45, 7) is 4.66. The third kappa shape index (κ3) is 4.96. The highest BCUT2D eigenvalue weighted by molar-refractivity contribution is 5.34. The molecule has 0 radical (unpaired) electrons. The highest BCUT2D eigenvalue weighted by Crippen LogP contribution is 2.29. The maximum Gasteiger partial charge on any atom is 0.127 e. The van der Waals surface area contributed by atoms with Gasteiger partial charge in [-0.3, -0.25) is 0 Å². The molecule has 0 fully saturated rings. The monoisotopic (exact) mass is 330 g/mol. The Morgan fingerprint density at radius 3 is 2.08 bits per heavy atom. The van der Waals surface area contributed by atoms with E-state index in [2.05, 4.69) is 62.4 Å². The molecule has 128 valence electrons. The molecule has 0 aliphatic heterocycles. The first-order valence-corrected chi connectivity index (χ1v) is 9.01. The van der Waals surface area contributed by atoms with Crippen LogP contribution in [-0.4, -0.2) is 0 Å². The highest BCUT2D eigenvalue weighted by atomic mass is 16.5. The zero-order valence-corrected chi connectivity index (χ0v) is 15.1. The largest absolute Gasteiger partial charge is 0.457 e.